The number of benzene rings is 1. The van der Waals surface area contributed by atoms with Gasteiger partial charge >= 0.3 is 0 Å². The lowest BCUT2D eigenvalue weighted by Crippen LogP contribution is -2.54. The maximum absolute atomic E-state index is 11.4. The number of carbonyl (C=O) groups excluding carboxylic acids is 1. The van der Waals surface area contributed by atoms with Gasteiger partial charge in [0, 0.05) is 11.6 Å². The van der Waals surface area contributed by atoms with Crippen LogP contribution in [0, 0.1) is 0 Å². The van der Waals surface area contributed by atoms with Gasteiger partial charge in [0.05, 0.1) is 0 Å². The molecular weight excluding hydrogens is 194 g/mol. The molecule has 0 saturated heterocycles. The van der Waals surface area contributed by atoms with Crippen LogP contribution in [0.25, 0.3) is 16.5 Å². The summed E-state index contributed by atoms with van der Waals surface area (Å²) in [4.78, 5) is 11.4. The van der Waals surface area contributed by atoms with Crippen molar-refractivity contribution in [2.45, 2.75) is 0 Å². The summed E-state index contributed by atoms with van der Waals surface area (Å²) in [5.41, 5.74) is 8.82. The standard InChI is InChI=1S/C10H7N3O2/c11-13-12-6-8(14)10-5-7-3-1-2-4-9(7)15-10/h1-6,13H. The average Bonchev–Trinajstić information content (AvgIpc) is 2.69. The molecular formula is C10H7N3O2. The van der Waals surface area contributed by atoms with Crippen molar-refractivity contribution in [2.75, 3.05) is 0 Å². The van der Waals surface area contributed by atoms with E-state index in [0.717, 1.165) is 11.6 Å². The highest BCUT2D eigenvalue weighted by molar-refractivity contribution is 6.34. The van der Waals surface area contributed by atoms with Crippen LogP contribution in [-0.2, 0) is 0 Å². The molecule has 0 aliphatic carbocycles. The summed E-state index contributed by atoms with van der Waals surface area (Å²) in [6, 6.07) is 8.92. The van der Waals surface area contributed by atoms with Gasteiger partial charge in [-0.25, -0.2) is 0 Å². The predicted molar refractivity (Wildman–Crippen MR) is 53.4 cm³/mol. The molecule has 0 amide bonds. The lowest BCUT2D eigenvalue weighted by molar-refractivity contribution is -0.485. The molecule has 74 valence electrons. The van der Waals surface area contributed by atoms with Crippen molar-refractivity contribution in [3.8, 4) is 0 Å². The van der Waals surface area contributed by atoms with E-state index in [1.54, 1.807) is 12.1 Å². The Morgan fingerprint density at radius 1 is 1.47 bits per heavy atom. The van der Waals surface area contributed by atoms with E-state index in [1.165, 1.54) is 5.22 Å². The third-order valence-electron chi connectivity index (χ3n) is 1.91. The fourth-order valence-electron chi connectivity index (χ4n) is 1.25. The van der Waals surface area contributed by atoms with Crippen LogP contribution in [0.4, 0.5) is 0 Å². The number of ketones is 1. The summed E-state index contributed by atoms with van der Waals surface area (Å²) in [7, 11) is 0. The first kappa shape index (κ1) is 9.26. The molecule has 1 N–H and O–H groups in total. The molecule has 0 aliphatic rings. The number of hydrogen-bond acceptors (Lipinski definition) is 2. The van der Waals surface area contributed by atoms with Crippen LogP contribution in [0.5, 0.6) is 0 Å². The Kier molecular flexibility index (Phi) is 2.37. The van der Waals surface area contributed by atoms with E-state index >= 15 is 0 Å². The molecule has 0 spiro atoms. The number of para-hydroxylation sites is 1. The fourth-order valence-corrected chi connectivity index (χ4v) is 1.25. The smallest absolute Gasteiger partial charge is 0.222 e. The van der Waals surface area contributed by atoms with Crippen LogP contribution in [0.15, 0.2) is 39.9 Å². The van der Waals surface area contributed by atoms with Gasteiger partial charge in [0.15, 0.2) is 5.76 Å². The highest BCUT2D eigenvalue weighted by atomic mass is 16.3. The molecule has 5 nitrogen and oxygen atoms in total. The third-order valence-corrected chi connectivity index (χ3v) is 1.91. The van der Waals surface area contributed by atoms with Gasteiger partial charge in [-0.05, 0) is 12.1 Å². The molecule has 2 rings (SSSR count). The zero-order valence-electron chi connectivity index (χ0n) is 7.68. The minimum Gasteiger partial charge on any atom is -0.453 e. The molecule has 0 unspecified atom stereocenters. The highest BCUT2D eigenvalue weighted by Crippen LogP contribution is 2.18. The Labute approximate surface area is 84.9 Å². The molecule has 5 heteroatoms. The van der Waals surface area contributed by atoms with Crippen molar-refractivity contribution in [3.63, 3.8) is 0 Å². The number of Topliss-reactive ketones (excluding diaryl/α,β-unsaturated/α-hetero) is 1. The number of rotatable bonds is 3. The van der Waals surface area contributed by atoms with E-state index in [9.17, 15) is 4.79 Å². The van der Waals surface area contributed by atoms with Crippen LogP contribution < -0.4 is 5.22 Å². The number of fused-ring (bicyclic) bond motifs is 1. The molecule has 0 bridgehead atoms. The SMILES string of the molecule is [N-]=[NH+]N=CC(=O)c1cc2ccccc2o1. The quantitative estimate of drug-likeness (QED) is 0.343. The fraction of sp³-hybridized carbons (Fsp3) is 0. The second-order valence-corrected chi connectivity index (χ2v) is 2.87. The van der Waals surface area contributed by atoms with E-state index in [0.29, 0.717) is 5.58 Å². The van der Waals surface area contributed by atoms with Gasteiger partial charge in [0.1, 0.15) is 5.58 Å². The molecule has 0 atom stereocenters. The van der Waals surface area contributed by atoms with Crippen LogP contribution >= 0.6 is 0 Å². The number of nitrogens with zero attached hydrogens (tertiary/aromatic N) is 2. The Bertz CT molecular complexity index is 509. The summed E-state index contributed by atoms with van der Waals surface area (Å²) < 4.78 is 5.28. The second-order valence-electron chi connectivity index (χ2n) is 2.87. The molecule has 0 fully saturated rings. The molecule has 1 aromatic heterocycles. The molecule has 1 aromatic carbocycles. The van der Waals surface area contributed by atoms with E-state index in [-0.39, 0.29) is 5.76 Å². The molecule has 0 saturated carbocycles. The zero-order valence-corrected chi connectivity index (χ0v) is 7.68. The largest absolute Gasteiger partial charge is 0.453 e. The maximum atomic E-state index is 11.4. The van der Waals surface area contributed by atoms with Crippen LogP contribution in [0.2, 0.25) is 0 Å². The van der Waals surface area contributed by atoms with Gasteiger partial charge in [0.25, 0.3) is 0 Å². The first-order valence-electron chi connectivity index (χ1n) is 4.26. The van der Waals surface area contributed by atoms with Crippen molar-refractivity contribution in [1.29, 1.82) is 0 Å². The lowest BCUT2D eigenvalue weighted by atomic mass is 10.2. The molecule has 0 radical (unpaired) electrons. The van der Waals surface area contributed by atoms with Gasteiger partial charge in [-0.2, -0.15) is 15.9 Å². The molecule has 0 aliphatic heterocycles. The minimum absolute atomic E-state index is 0.190. The van der Waals surface area contributed by atoms with Crippen LogP contribution in [0.1, 0.15) is 10.6 Å². The first-order chi connectivity index (χ1) is 7.31. The maximum Gasteiger partial charge on any atom is 0.222 e. The summed E-state index contributed by atoms with van der Waals surface area (Å²) >= 11 is 0. The Morgan fingerprint density at radius 2 is 2.27 bits per heavy atom. The Hall–Kier alpha value is -2.30. The topological polar surface area (TPSA) is 78.8 Å². The van der Waals surface area contributed by atoms with E-state index < -0.39 is 5.78 Å². The van der Waals surface area contributed by atoms with E-state index in [2.05, 4.69) is 5.10 Å². The zero-order chi connectivity index (χ0) is 10.7. The van der Waals surface area contributed by atoms with Crippen LogP contribution in [-0.4, -0.2) is 12.0 Å². The summed E-state index contributed by atoms with van der Waals surface area (Å²) in [6.07, 6.45) is 0.942. The van der Waals surface area contributed by atoms with Crippen LogP contribution in [0.3, 0.4) is 0 Å². The van der Waals surface area contributed by atoms with Crippen molar-refractivity contribution >= 4 is 23.0 Å². The van der Waals surface area contributed by atoms with Crippen molar-refractivity contribution in [2.24, 2.45) is 5.10 Å². The summed E-state index contributed by atoms with van der Waals surface area (Å²) in [5, 5.41) is 5.55. The molecule has 1 heterocycles. The van der Waals surface area contributed by atoms with Gasteiger partial charge in [0.2, 0.25) is 5.78 Å². The highest BCUT2D eigenvalue weighted by Gasteiger charge is 2.08. The van der Waals surface area contributed by atoms with Gasteiger partial charge < -0.3 is 4.42 Å². The number of furan rings is 1. The molecule has 2 aromatic rings. The summed E-state index contributed by atoms with van der Waals surface area (Å²) in [5.74, 6) is -0.219. The van der Waals surface area contributed by atoms with Crippen molar-refractivity contribution in [3.05, 3.63) is 41.6 Å². The Morgan fingerprint density at radius 3 is 3.00 bits per heavy atom. The number of hydrogen-bond donors (Lipinski definition) is 1. The van der Waals surface area contributed by atoms with E-state index in [4.69, 9.17) is 9.95 Å². The summed E-state index contributed by atoms with van der Waals surface area (Å²) in [6.45, 7) is 0. The first-order valence-corrected chi connectivity index (χ1v) is 4.26. The second kappa shape index (κ2) is 3.83. The van der Waals surface area contributed by atoms with E-state index in [1.807, 2.05) is 18.2 Å². The normalized spacial score (nSPS) is 10.9. The van der Waals surface area contributed by atoms with Gasteiger partial charge in [-0.3, -0.25) is 4.79 Å². The van der Waals surface area contributed by atoms with Crippen molar-refractivity contribution in [1.82, 2.24) is 0 Å². The minimum atomic E-state index is -0.409. The Balaban J connectivity index is 2.40. The number of carbonyl (C=O) groups is 1. The monoisotopic (exact) mass is 201 g/mol. The van der Waals surface area contributed by atoms with Gasteiger partial charge in [-0.15, -0.1) is 0 Å². The third kappa shape index (κ3) is 1.80. The average molecular weight is 201 g/mol. The number of hydrazone groups is 1. The lowest BCUT2D eigenvalue weighted by Gasteiger charge is -1.86. The van der Waals surface area contributed by atoms with Gasteiger partial charge in [-0.1, -0.05) is 18.2 Å². The molecule has 15 heavy (non-hydrogen) atoms. The predicted octanol–water partition coefficient (Wildman–Crippen LogP) is 0.703. The van der Waals surface area contributed by atoms with Crippen molar-refractivity contribution < 1.29 is 14.4 Å². The number of nitrogens with one attached hydrogen (secondary N) is 1.